The molecule has 2 aromatic rings. The number of thiazole rings is 1. The number of Topliss-reactive ketones (excluding diaryl/α,β-unsaturated/α-hetero) is 1. The van der Waals surface area contributed by atoms with Gasteiger partial charge in [-0.1, -0.05) is 29.8 Å². The van der Waals surface area contributed by atoms with Crippen LogP contribution in [0.2, 0.25) is 0 Å². The SMILES string of the molecule is CC(=O)CCc1sc(-c2ccc(C)cc2)nc1C. The lowest BCUT2D eigenvalue weighted by molar-refractivity contribution is -0.116. The van der Waals surface area contributed by atoms with Crippen molar-refractivity contribution in [2.45, 2.75) is 33.6 Å². The highest BCUT2D eigenvalue weighted by Gasteiger charge is 2.09. The van der Waals surface area contributed by atoms with Crippen LogP contribution in [0.15, 0.2) is 24.3 Å². The number of rotatable bonds is 4. The van der Waals surface area contributed by atoms with E-state index in [0.717, 1.165) is 22.7 Å². The van der Waals surface area contributed by atoms with Crippen LogP contribution in [-0.4, -0.2) is 10.8 Å². The number of carbonyl (C=O) groups is 1. The highest BCUT2D eigenvalue weighted by Crippen LogP contribution is 2.28. The Morgan fingerprint density at radius 1 is 1.22 bits per heavy atom. The molecule has 2 rings (SSSR count). The first kappa shape index (κ1) is 13.0. The summed E-state index contributed by atoms with van der Waals surface area (Å²) in [7, 11) is 0. The van der Waals surface area contributed by atoms with Crippen LogP contribution in [0.25, 0.3) is 10.6 Å². The van der Waals surface area contributed by atoms with E-state index in [9.17, 15) is 4.79 Å². The largest absolute Gasteiger partial charge is 0.300 e. The van der Waals surface area contributed by atoms with Crippen LogP contribution in [0.3, 0.4) is 0 Å². The Labute approximate surface area is 112 Å². The molecule has 0 N–H and O–H groups in total. The summed E-state index contributed by atoms with van der Waals surface area (Å²) in [5, 5.41) is 1.05. The third-order valence-electron chi connectivity index (χ3n) is 2.90. The Morgan fingerprint density at radius 3 is 2.50 bits per heavy atom. The molecule has 1 aromatic heterocycles. The van der Waals surface area contributed by atoms with Crippen LogP contribution >= 0.6 is 11.3 Å². The summed E-state index contributed by atoms with van der Waals surface area (Å²) in [5.41, 5.74) is 3.46. The summed E-state index contributed by atoms with van der Waals surface area (Å²) in [6.07, 6.45) is 1.42. The average Bonchev–Trinajstić information content (AvgIpc) is 2.69. The molecule has 0 radical (unpaired) electrons. The van der Waals surface area contributed by atoms with Crippen LogP contribution in [-0.2, 0) is 11.2 Å². The predicted octanol–water partition coefficient (Wildman–Crippen LogP) is 3.95. The predicted molar refractivity (Wildman–Crippen MR) is 76.0 cm³/mol. The number of aromatic nitrogens is 1. The van der Waals surface area contributed by atoms with Gasteiger partial charge in [-0.3, -0.25) is 0 Å². The molecule has 0 amide bonds. The summed E-state index contributed by atoms with van der Waals surface area (Å²) < 4.78 is 0. The van der Waals surface area contributed by atoms with Crippen molar-refractivity contribution >= 4 is 17.1 Å². The third-order valence-corrected chi connectivity index (χ3v) is 4.16. The first-order valence-corrected chi connectivity index (χ1v) is 6.90. The van der Waals surface area contributed by atoms with Crippen LogP contribution in [0.4, 0.5) is 0 Å². The lowest BCUT2D eigenvalue weighted by Crippen LogP contribution is -1.93. The van der Waals surface area contributed by atoms with Gasteiger partial charge in [-0.25, -0.2) is 4.98 Å². The molecule has 0 saturated carbocycles. The Hall–Kier alpha value is -1.48. The number of nitrogens with zero attached hydrogens (tertiary/aromatic N) is 1. The van der Waals surface area contributed by atoms with E-state index in [2.05, 4.69) is 36.2 Å². The molecule has 0 aliphatic rings. The van der Waals surface area contributed by atoms with Crippen LogP contribution in [0, 0.1) is 13.8 Å². The molecule has 3 heteroatoms. The molecule has 0 aliphatic carbocycles. The Morgan fingerprint density at radius 2 is 1.89 bits per heavy atom. The second kappa shape index (κ2) is 5.44. The summed E-state index contributed by atoms with van der Waals surface area (Å²) in [4.78, 5) is 16.8. The quantitative estimate of drug-likeness (QED) is 0.832. The number of hydrogen-bond donors (Lipinski definition) is 0. The molecular formula is C15H17NOS. The molecule has 0 bridgehead atoms. The normalized spacial score (nSPS) is 10.6. The minimum Gasteiger partial charge on any atom is -0.300 e. The van der Waals surface area contributed by atoms with E-state index in [4.69, 9.17) is 0 Å². The molecule has 0 fully saturated rings. The Bertz CT molecular complexity index is 554. The number of hydrogen-bond acceptors (Lipinski definition) is 3. The monoisotopic (exact) mass is 259 g/mol. The van der Waals surface area contributed by atoms with Gasteiger partial charge in [0.1, 0.15) is 10.8 Å². The van der Waals surface area contributed by atoms with Crippen molar-refractivity contribution < 1.29 is 4.79 Å². The van der Waals surface area contributed by atoms with Crippen molar-refractivity contribution in [1.29, 1.82) is 0 Å². The maximum Gasteiger partial charge on any atom is 0.130 e. The second-order valence-corrected chi connectivity index (χ2v) is 5.68. The molecule has 18 heavy (non-hydrogen) atoms. The van der Waals surface area contributed by atoms with Crippen LogP contribution in [0.1, 0.15) is 29.5 Å². The molecule has 0 saturated heterocycles. The minimum absolute atomic E-state index is 0.236. The van der Waals surface area contributed by atoms with Gasteiger partial charge in [0.05, 0.1) is 5.69 Å². The molecule has 1 aromatic carbocycles. The van der Waals surface area contributed by atoms with Crippen molar-refractivity contribution in [2.24, 2.45) is 0 Å². The second-order valence-electron chi connectivity index (χ2n) is 4.60. The Balaban J connectivity index is 2.22. The number of aryl methyl sites for hydroxylation is 3. The first-order valence-electron chi connectivity index (χ1n) is 6.09. The smallest absolute Gasteiger partial charge is 0.130 e. The number of benzene rings is 1. The average molecular weight is 259 g/mol. The van der Waals surface area contributed by atoms with Crippen molar-refractivity contribution in [2.75, 3.05) is 0 Å². The van der Waals surface area contributed by atoms with Crippen molar-refractivity contribution in [3.63, 3.8) is 0 Å². The van der Waals surface area contributed by atoms with Crippen LogP contribution in [0.5, 0.6) is 0 Å². The number of ketones is 1. The van der Waals surface area contributed by atoms with Gasteiger partial charge < -0.3 is 4.79 Å². The summed E-state index contributed by atoms with van der Waals surface area (Å²) in [6, 6.07) is 8.40. The van der Waals surface area contributed by atoms with Gasteiger partial charge in [0.2, 0.25) is 0 Å². The molecule has 0 aliphatic heterocycles. The van der Waals surface area contributed by atoms with Gasteiger partial charge >= 0.3 is 0 Å². The third kappa shape index (κ3) is 3.05. The zero-order valence-corrected chi connectivity index (χ0v) is 11.8. The topological polar surface area (TPSA) is 30.0 Å². The zero-order valence-electron chi connectivity index (χ0n) is 11.0. The van der Waals surface area contributed by atoms with Gasteiger partial charge in [0.25, 0.3) is 0 Å². The van der Waals surface area contributed by atoms with Gasteiger partial charge in [0, 0.05) is 16.9 Å². The van der Waals surface area contributed by atoms with Gasteiger partial charge in [-0.15, -0.1) is 11.3 Å². The van der Waals surface area contributed by atoms with E-state index in [1.807, 2.05) is 6.92 Å². The standard InChI is InChI=1S/C15H17NOS/c1-10-4-7-13(8-5-10)15-16-12(3)14(18-15)9-6-11(2)17/h4-5,7-8H,6,9H2,1-3H3. The van der Waals surface area contributed by atoms with Gasteiger partial charge in [-0.05, 0) is 27.2 Å². The van der Waals surface area contributed by atoms with E-state index in [1.54, 1.807) is 18.3 Å². The summed E-state index contributed by atoms with van der Waals surface area (Å²) >= 11 is 1.70. The van der Waals surface area contributed by atoms with Gasteiger partial charge in [0.15, 0.2) is 0 Å². The maximum absolute atomic E-state index is 11.0. The zero-order chi connectivity index (χ0) is 13.1. The molecule has 0 unspecified atom stereocenters. The first-order chi connectivity index (χ1) is 8.56. The number of carbonyl (C=O) groups excluding carboxylic acids is 1. The summed E-state index contributed by atoms with van der Waals surface area (Å²) in [5.74, 6) is 0.236. The fourth-order valence-electron chi connectivity index (χ4n) is 1.77. The highest BCUT2D eigenvalue weighted by molar-refractivity contribution is 7.15. The Kier molecular flexibility index (Phi) is 3.92. The lowest BCUT2D eigenvalue weighted by Gasteiger charge is -1.96. The molecule has 94 valence electrons. The summed E-state index contributed by atoms with van der Waals surface area (Å²) in [6.45, 7) is 5.73. The van der Waals surface area contributed by atoms with Crippen LogP contribution < -0.4 is 0 Å². The van der Waals surface area contributed by atoms with Crippen molar-refractivity contribution in [1.82, 2.24) is 4.98 Å². The van der Waals surface area contributed by atoms with E-state index >= 15 is 0 Å². The van der Waals surface area contributed by atoms with E-state index in [1.165, 1.54) is 10.4 Å². The highest BCUT2D eigenvalue weighted by atomic mass is 32.1. The van der Waals surface area contributed by atoms with Crippen molar-refractivity contribution in [3.05, 3.63) is 40.4 Å². The molecule has 1 heterocycles. The fourth-order valence-corrected chi connectivity index (χ4v) is 2.84. The van der Waals surface area contributed by atoms with E-state index < -0.39 is 0 Å². The minimum atomic E-state index is 0.236. The lowest BCUT2D eigenvalue weighted by atomic mass is 10.1. The fraction of sp³-hybridized carbons (Fsp3) is 0.333. The maximum atomic E-state index is 11.0. The van der Waals surface area contributed by atoms with E-state index in [-0.39, 0.29) is 5.78 Å². The van der Waals surface area contributed by atoms with Crippen molar-refractivity contribution in [3.8, 4) is 10.6 Å². The molecule has 0 atom stereocenters. The molecule has 2 nitrogen and oxygen atoms in total. The molecule has 0 spiro atoms. The molecular weight excluding hydrogens is 242 g/mol. The van der Waals surface area contributed by atoms with Gasteiger partial charge in [-0.2, -0.15) is 0 Å². The van der Waals surface area contributed by atoms with E-state index in [0.29, 0.717) is 6.42 Å².